The van der Waals surface area contributed by atoms with Crippen LogP contribution in [-0.2, 0) is 0 Å². The second-order valence-corrected chi connectivity index (χ2v) is 6.06. The van der Waals surface area contributed by atoms with Gasteiger partial charge in [-0.3, -0.25) is 4.79 Å². The molecule has 0 saturated heterocycles. The molecule has 0 unspecified atom stereocenters. The van der Waals surface area contributed by atoms with Gasteiger partial charge in [-0.25, -0.2) is 4.39 Å². The fourth-order valence-corrected chi connectivity index (χ4v) is 2.72. The lowest BCUT2D eigenvalue weighted by Gasteiger charge is -2.13. The SMILES string of the molecule is COc1ccc(-c2cc(NC(=O)c3ccc(C)c(F)c3)ccc2OC)cc1. The third kappa shape index (κ3) is 4.08. The van der Waals surface area contributed by atoms with E-state index in [0.717, 1.165) is 16.9 Å². The van der Waals surface area contributed by atoms with Gasteiger partial charge in [-0.2, -0.15) is 0 Å². The monoisotopic (exact) mass is 365 g/mol. The van der Waals surface area contributed by atoms with E-state index in [1.165, 1.54) is 6.07 Å². The Morgan fingerprint density at radius 1 is 0.926 bits per heavy atom. The molecule has 0 aliphatic heterocycles. The molecule has 0 aliphatic rings. The van der Waals surface area contributed by atoms with Crippen molar-refractivity contribution in [2.45, 2.75) is 6.92 Å². The third-order valence-corrected chi connectivity index (χ3v) is 4.29. The molecule has 3 aromatic carbocycles. The Balaban J connectivity index is 1.90. The van der Waals surface area contributed by atoms with Crippen LogP contribution in [0.1, 0.15) is 15.9 Å². The molecule has 0 radical (unpaired) electrons. The van der Waals surface area contributed by atoms with Crippen LogP contribution < -0.4 is 14.8 Å². The fourth-order valence-electron chi connectivity index (χ4n) is 2.72. The van der Waals surface area contributed by atoms with Gasteiger partial charge >= 0.3 is 0 Å². The van der Waals surface area contributed by atoms with Crippen molar-refractivity contribution >= 4 is 11.6 Å². The number of methoxy groups -OCH3 is 2. The van der Waals surface area contributed by atoms with Crippen LogP contribution in [0, 0.1) is 12.7 Å². The van der Waals surface area contributed by atoms with E-state index in [-0.39, 0.29) is 11.5 Å². The maximum atomic E-state index is 13.7. The molecule has 0 fully saturated rings. The summed E-state index contributed by atoms with van der Waals surface area (Å²) >= 11 is 0. The van der Waals surface area contributed by atoms with Gasteiger partial charge in [0.05, 0.1) is 14.2 Å². The quantitative estimate of drug-likeness (QED) is 0.687. The van der Waals surface area contributed by atoms with Crippen molar-refractivity contribution in [1.29, 1.82) is 0 Å². The minimum Gasteiger partial charge on any atom is -0.497 e. The number of carbonyl (C=O) groups is 1. The van der Waals surface area contributed by atoms with Crippen LogP contribution in [0.25, 0.3) is 11.1 Å². The summed E-state index contributed by atoms with van der Waals surface area (Å²) in [6.45, 7) is 1.65. The number of hydrogen-bond donors (Lipinski definition) is 1. The first-order chi connectivity index (χ1) is 13.0. The Labute approximate surface area is 157 Å². The van der Waals surface area contributed by atoms with E-state index < -0.39 is 5.82 Å². The number of aryl methyl sites for hydroxylation is 1. The summed E-state index contributed by atoms with van der Waals surface area (Å²) in [6.07, 6.45) is 0. The Morgan fingerprint density at radius 3 is 2.30 bits per heavy atom. The maximum Gasteiger partial charge on any atom is 0.255 e. The standard InChI is InChI=1S/C22H20FNO3/c1-14-4-5-16(12-20(14)23)22(25)24-17-8-11-21(27-3)19(13-17)15-6-9-18(26-2)10-7-15/h4-13H,1-3H3,(H,24,25). The van der Waals surface area contributed by atoms with Gasteiger partial charge in [-0.05, 0) is 60.5 Å². The van der Waals surface area contributed by atoms with Crippen LogP contribution in [0.4, 0.5) is 10.1 Å². The first kappa shape index (κ1) is 18.5. The topological polar surface area (TPSA) is 47.6 Å². The van der Waals surface area contributed by atoms with Gasteiger partial charge in [0.1, 0.15) is 17.3 Å². The molecule has 0 aromatic heterocycles. The number of carbonyl (C=O) groups excluding carboxylic acids is 1. The smallest absolute Gasteiger partial charge is 0.255 e. The number of benzene rings is 3. The summed E-state index contributed by atoms with van der Waals surface area (Å²) in [7, 11) is 3.20. The first-order valence-electron chi connectivity index (χ1n) is 8.42. The molecule has 0 aliphatic carbocycles. The molecule has 0 saturated carbocycles. The highest BCUT2D eigenvalue weighted by atomic mass is 19.1. The number of halogens is 1. The molecule has 27 heavy (non-hydrogen) atoms. The number of nitrogens with one attached hydrogen (secondary N) is 1. The first-order valence-corrected chi connectivity index (χ1v) is 8.42. The summed E-state index contributed by atoms with van der Waals surface area (Å²) in [5.41, 5.74) is 3.10. The second kappa shape index (κ2) is 7.91. The van der Waals surface area contributed by atoms with E-state index in [1.807, 2.05) is 30.3 Å². The summed E-state index contributed by atoms with van der Waals surface area (Å²) in [5.74, 6) is 0.652. The highest BCUT2D eigenvalue weighted by Crippen LogP contribution is 2.33. The highest BCUT2D eigenvalue weighted by molar-refractivity contribution is 6.04. The molecule has 3 aromatic rings. The molecule has 0 heterocycles. The normalized spacial score (nSPS) is 10.4. The summed E-state index contributed by atoms with van der Waals surface area (Å²) < 4.78 is 24.3. The van der Waals surface area contributed by atoms with E-state index in [9.17, 15) is 9.18 Å². The van der Waals surface area contributed by atoms with Crippen LogP contribution in [0.3, 0.4) is 0 Å². The van der Waals surface area contributed by atoms with Crippen LogP contribution in [0.5, 0.6) is 11.5 Å². The molecular formula is C22H20FNO3. The molecule has 1 N–H and O–H groups in total. The zero-order valence-corrected chi connectivity index (χ0v) is 15.4. The zero-order chi connectivity index (χ0) is 19.4. The minimum atomic E-state index is -0.406. The van der Waals surface area contributed by atoms with Gasteiger partial charge in [0, 0.05) is 16.8 Å². The summed E-state index contributed by atoms with van der Waals surface area (Å²) in [5, 5.41) is 2.80. The van der Waals surface area contributed by atoms with E-state index in [4.69, 9.17) is 9.47 Å². The van der Waals surface area contributed by atoms with E-state index in [1.54, 1.807) is 45.4 Å². The van der Waals surface area contributed by atoms with Crippen molar-refractivity contribution < 1.29 is 18.7 Å². The third-order valence-electron chi connectivity index (χ3n) is 4.29. The molecule has 5 heteroatoms. The van der Waals surface area contributed by atoms with Crippen molar-refractivity contribution in [3.05, 3.63) is 77.6 Å². The van der Waals surface area contributed by atoms with Crippen molar-refractivity contribution in [3.63, 3.8) is 0 Å². The Bertz CT molecular complexity index is 968. The van der Waals surface area contributed by atoms with Gasteiger partial charge in [0.2, 0.25) is 0 Å². The summed E-state index contributed by atoms with van der Waals surface area (Å²) in [4.78, 5) is 12.4. The lowest BCUT2D eigenvalue weighted by Crippen LogP contribution is -2.12. The maximum absolute atomic E-state index is 13.7. The van der Waals surface area contributed by atoms with E-state index in [2.05, 4.69) is 5.32 Å². The predicted molar refractivity (Wildman–Crippen MR) is 104 cm³/mol. The second-order valence-electron chi connectivity index (χ2n) is 6.06. The molecule has 0 spiro atoms. The van der Waals surface area contributed by atoms with Crippen molar-refractivity contribution in [3.8, 4) is 22.6 Å². The van der Waals surface area contributed by atoms with E-state index in [0.29, 0.717) is 17.0 Å². The Morgan fingerprint density at radius 2 is 1.67 bits per heavy atom. The van der Waals surface area contributed by atoms with Crippen LogP contribution >= 0.6 is 0 Å². The van der Waals surface area contributed by atoms with Gasteiger partial charge in [-0.15, -0.1) is 0 Å². The summed E-state index contributed by atoms with van der Waals surface area (Å²) in [6, 6.07) is 17.3. The number of rotatable bonds is 5. The van der Waals surface area contributed by atoms with Crippen molar-refractivity contribution in [2.75, 3.05) is 19.5 Å². The van der Waals surface area contributed by atoms with Crippen molar-refractivity contribution in [2.24, 2.45) is 0 Å². The van der Waals surface area contributed by atoms with Crippen LogP contribution in [0.15, 0.2) is 60.7 Å². The molecular weight excluding hydrogens is 345 g/mol. The lowest BCUT2D eigenvalue weighted by molar-refractivity contribution is 0.102. The molecule has 1 amide bonds. The zero-order valence-electron chi connectivity index (χ0n) is 15.4. The van der Waals surface area contributed by atoms with Gasteiger partial charge in [0.15, 0.2) is 0 Å². The number of hydrogen-bond acceptors (Lipinski definition) is 3. The average Bonchev–Trinajstić information content (AvgIpc) is 2.70. The number of anilines is 1. The minimum absolute atomic E-state index is 0.264. The van der Waals surface area contributed by atoms with Gasteiger partial charge < -0.3 is 14.8 Å². The molecule has 3 rings (SSSR count). The highest BCUT2D eigenvalue weighted by Gasteiger charge is 2.12. The Kier molecular flexibility index (Phi) is 5.41. The lowest BCUT2D eigenvalue weighted by atomic mass is 10.0. The number of amides is 1. The van der Waals surface area contributed by atoms with E-state index >= 15 is 0 Å². The molecule has 0 bridgehead atoms. The average molecular weight is 365 g/mol. The molecule has 138 valence electrons. The fraction of sp³-hybridized carbons (Fsp3) is 0.136. The predicted octanol–water partition coefficient (Wildman–Crippen LogP) is 5.07. The van der Waals surface area contributed by atoms with Crippen molar-refractivity contribution in [1.82, 2.24) is 0 Å². The van der Waals surface area contributed by atoms with Gasteiger partial charge in [-0.1, -0.05) is 18.2 Å². The molecule has 4 nitrogen and oxygen atoms in total. The van der Waals surface area contributed by atoms with Crippen LogP contribution in [-0.4, -0.2) is 20.1 Å². The number of ether oxygens (including phenoxy) is 2. The largest absolute Gasteiger partial charge is 0.497 e. The van der Waals surface area contributed by atoms with Gasteiger partial charge in [0.25, 0.3) is 5.91 Å². The molecule has 0 atom stereocenters. The Hall–Kier alpha value is -3.34. The van der Waals surface area contributed by atoms with Crippen LogP contribution in [0.2, 0.25) is 0 Å².